The second-order valence-corrected chi connectivity index (χ2v) is 5.47. The summed E-state index contributed by atoms with van der Waals surface area (Å²) in [6, 6.07) is 7.62. The third-order valence-electron chi connectivity index (χ3n) is 3.96. The highest BCUT2D eigenvalue weighted by atomic mass is 16.3. The van der Waals surface area contributed by atoms with Crippen LogP contribution in [-0.4, -0.2) is 26.4 Å². The minimum absolute atomic E-state index is 0.0763. The Balaban J connectivity index is 1.61. The van der Waals surface area contributed by atoms with E-state index in [1.807, 2.05) is 12.3 Å². The molecule has 6 heteroatoms. The molecule has 0 spiro atoms. The molecular weight excluding hydrogens is 280 g/mol. The molecule has 0 aromatic carbocycles. The van der Waals surface area contributed by atoms with Crippen LogP contribution in [0.15, 0.2) is 45.9 Å². The largest absolute Gasteiger partial charge is 0.461 e. The van der Waals surface area contributed by atoms with Crippen LogP contribution in [-0.2, 0) is 19.5 Å². The molecule has 0 saturated carbocycles. The van der Waals surface area contributed by atoms with Gasteiger partial charge in [-0.1, -0.05) is 0 Å². The molecule has 2 N–H and O–H groups in total. The van der Waals surface area contributed by atoms with Gasteiger partial charge in [0, 0.05) is 37.9 Å². The maximum atomic E-state index is 12.4. The fourth-order valence-electron chi connectivity index (χ4n) is 2.85. The number of nitrogens with one attached hydrogen (secondary N) is 2. The molecule has 3 aromatic heterocycles. The van der Waals surface area contributed by atoms with E-state index < -0.39 is 0 Å². The zero-order valence-electron chi connectivity index (χ0n) is 12.0. The molecule has 0 aliphatic carbocycles. The Bertz CT molecular complexity index is 818. The summed E-state index contributed by atoms with van der Waals surface area (Å²) in [5.41, 5.74) is 2.71. The van der Waals surface area contributed by atoms with Crippen LogP contribution in [0.5, 0.6) is 0 Å². The van der Waals surface area contributed by atoms with Gasteiger partial charge in [0.2, 0.25) is 0 Å². The van der Waals surface area contributed by atoms with Gasteiger partial charge < -0.3 is 14.4 Å². The fraction of sp³-hybridized carbons (Fsp3) is 0.250. The summed E-state index contributed by atoms with van der Waals surface area (Å²) in [5, 5.41) is 0. The summed E-state index contributed by atoms with van der Waals surface area (Å²) in [4.78, 5) is 25.2. The van der Waals surface area contributed by atoms with Crippen molar-refractivity contribution in [2.24, 2.45) is 0 Å². The molecule has 0 saturated heterocycles. The van der Waals surface area contributed by atoms with Gasteiger partial charge in [0.15, 0.2) is 11.6 Å². The fourth-order valence-corrected chi connectivity index (χ4v) is 2.85. The van der Waals surface area contributed by atoms with Crippen molar-refractivity contribution in [1.29, 1.82) is 0 Å². The van der Waals surface area contributed by atoms with Gasteiger partial charge in [0.1, 0.15) is 0 Å². The minimum Gasteiger partial charge on any atom is -0.461 e. The second kappa shape index (κ2) is 5.31. The van der Waals surface area contributed by atoms with Gasteiger partial charge in [-0.05, 0) is 24.3 Å². The number of aromatic nitrogens is 3. The monoisotopic (exact) mass is 296 g/mol. The molecule has 112 valence electrons. The molecule has 22 heavy (non-hydrogen) atoms. The van der Waals surface area contributed by atoms with Crippen LogP contribution in [0.3, 0.4) is 0 Å². The van der Waals surface area contributed by atoms with Crippen LogP contribution in [0.2, 0.25) is 0 Å². The highest BCUT2D eigenvalue weighted by Gasteiger charge is 2.22. The van der Waals surface area contributed by atoms with Gasteiger partial charge in [0.25, 0.3) is 5.56 Å². The Morgan fingerprint density at radius 3 is 3.05 bits per heavy atom. The quantitative estimate of drug-likeness (QED) is 0.774. The van der Waals surface area contributed by atoms with Crippen molar-refractivity contribution in [2.75, 3.05) is 6.54 Å². The number of furan rings is 1. The van der Waals surface area contributed by atoms with Crippen LogP contribution in [0.25, 0.3) is 11.6 Å². The first-order valence-corrected chi connectivity index (χ1v) is 7.30. The molecule has 0 radical (unpaired) electrons. The Hall–Kier alpha value is -2.60. The molecule has 1 aliphatic heterocycles. The van der Waals surface area contributed by atoms with Crippen molar-refractivity contribution in [3.05, 3.63) is 64.0 Å². The predicted molar refractivity (Wildman–Crippen MR) is 81.2 cm³/mol. The molecular formula is C16H16N4O2. The molecule has 6 nitrogen and oxygen atoms in total. The van der Waals surface area contributed by atoms with E-state index in [4.69, 9.17) is 4.42 Å². The van der Waals surface area contributed by atoms with E-state index in [9.17, 15) is 4.79 Å². The number of fused-ring (bicyclic) bond motifs is 1. The van der Waals surface area contributed by atoms with Crippen LogP contribution in [0.4, 0.5) is 0 Å². The first-order valence-electron chi connectivity index (χ1n) is 7.30. The highest BCUT2D eigenvalue weighted by Crippen LogP contribution is 2.19. The molecule has 3 aromatic rings. The number of H-pyrrole nitrogens is 2. The van der Waals surface area contributed by atoms with Crippen molar-refractivity contribution in [1.82, 2.24) is 19.9 Å². The lowest BCUT2D eigenvalue weighted by Crippen LogP contribution is -2.35. The van der Waals surface area contributed by atoms with Gasteiger partial charge in [-0.3, -0.25) is 9.69 Å². The summed E-state index contributed by atoms with van der Waals surface area (Å²) in [6.45, 7) is 2.32. The summed E-state index contributed by atoms with van der Waals surface area (Å²) < 4.78 is 5.31. The summed E-state index contributed by atoms with van der Waals surface area (Å²) in [5.74, 6) is 1.10. The number of rotatable bonds is 3. The zero-order chi connectivity index (χ0) is 14.9. The molecule has 4 heterocycles. The standard InChI is InChI=1S/C16H16N4O2/c21-16-12-10-20(9-11-3-1-6-17-11)7-5-13(12)18-15(19-16)14-4-2-8-22-14/h1-4,6,8,17H,5,7,9-10H2,(H,18,19,21). The first kappa shape index (κ1) is 13.1. The molecule has 0 amide bonds. The van der Waals surface area contributed by atoms with Crippen molar-refractivity contribution < 1.29 is 4.42 Å². The van der Waals surface area contributed by atoms with Crippen molar-refractivity contribution in [3.8, 4) is 11.6 Å². The smallest absolute Gasteiger partial charge is 0.256 e. The van der Waals surface area contributed by atoms with Crippen LogP contribution in [0, 0.1) is 0 Å². The third kappa shape index (κ3) is 2.37. The van der Waals surface area contributed by atoms with E-state index >= 15 is 0 Å². The van der Waals surface area contributed by atoms with Crippen molar-refractivity contribution in [3.63, 3.8) is 0 Å². The van der Waals surface area contributed by atoms with E-state index in [1.165, 1.54) is 0 Å². The maximum absolute atomic E-state index is 12.4. The van der Waals surface area contributed by atoms with E-state index in [-0.39, 0.29) is 5.56 Å². The number of nitrogens with zero attached hydrogens (tertiary/aromatic N) is 2. The highest BCUT2D eigenvalue weighted by molar-refractivity contribution is 5.46. The topological polar surface area (TPSA) is 77.9 Å². The first-order chi connectivity index (χ1) is 10.8. The molecule has 0 unspecified atom stereocenters. The van der Waals surface area contributed by atoms with Crippen LogP contribution in [0.1, 0.15) is 17.0 Å². The van der Waals surface area contributed by atoms with E-state index in [0.717, 1.165) is 36.5 Å². The summed E-state index contributed by atoms with van der Waals surface area (Å²) in [6.07, 6.45) is 4.26. The number of hydrogen-bond donors (Lipinski definition) is 2. The minimum atomic E-state index is -0.0763. The Morgan fingerprint density at radius 2 is 2.27 bits per heavy atom. The Kier molecular flexibility index (Phi) is 3.16. The van der Waals surface area contributed by atoms with Gasteiger partial charge in [0.05, 0.1) is 17.5 Å². The molecule has 1 aliphatic rings. The predicted octanol–water partition coefficient (Wildman–Crippen LogP) is 1.92. The van der Waals surface area contributed by atoms with Crippen LogP contribution < -0.4 is 5.56 Å². The Morgan fingerprint density at radius 1 is 1.32 bits per heavy atom. The average Bonchev–Trinajstić information content (AvgIpc) is 3.20. The van der Waals surface area contributed by atoms with Crippen LogP contribution >= 0.6 is 0 Å². The normalized spacial score (nSPS) is 14.9. The number of hydrogen-bond acceptors (Lipinski definition) is 4. The SMILES string of the molecule is O=c1[nH]c(-c2ccco2)nc2c1CN(Cc1ccc[nH]1)CC2. The second-order valence-electron chi connectivity index (χ2n) is 5.47. The van der Waals surface area contributed by atoms with Crippen molar-refractivity contribution in [2.45, 2.75) is 19.5 Å². The van der Waals surface area contributed by atoms with Gasteiger partial charge in [-0.15, -0.1) is 0 Å². The zero-order valence-corrected chi connectivity index (χ0v) is 12.0. The van der Waals surface area contributed by atoms with Gasteiger partial charge >= 0.3 is 0 Å². The lowest BCUT2D eigenvalue weighted by atomic mass is 10.1. The van der Waals surface area contributed by atoms with Gasteiger partial charge in [-0.2, -0.15) is 0 Å². The lowest BCUT2D eigenvalue weighted by molar-refractivity contribution is 0.239. The number of aromatic amines is 2. The Labute approximate surface area is 126 Å². The summed E-state index contributed by atoms with van der Waals surface area (Å²) in [7, 11) is 0. The van der Waals surface area contributed by atoms with E-state index in [1.54, 1.807) is 18.4 Å². The van der Waals surface area contributed by atoms with Crippen molar-refractivity contribution >= 4 is 0 Å². The molecule has 0 fully saturated rings. The molecule has 4 rings (SSSR count). The lowest BCUT2D eigenvalue weighted by Gasteiger charge is -2.27. The van der Waals surface area contributed by atoms with E-state index in [0.29, 0.717) is 18.1 Å². The average molecular weight is 296 g/mol. The third-order valence-corrected chi connectivity index (χ3v) is 3.96. The molecule has 0 atom stereocenters. The maximum Gasteiger partial charge on any atom is 0.256 e. The van der Waals surface area contributed by atoms with Gasteiger partial charge in [-0.25, -0.2) is 4.98 Å². The molecule has 0 bridgehead atoms. The van der Waals surface area contributed by atoms with E-state index in [2.05, 4.69) is 25.9 Å². The summed E-state index contributed by atoms with van der Waals surface area (Å²) >= 11 is 0.